The van der Waals surface area contributed by atoms with Crippen molar-refractivity contribution < 1.29 is 4.74 Å². The van der Waals surface area contributed by atoms with E-state index in [1.165, 1.54) is 5.56 Å². The molecule has 0 amide bonds. The smallest absolute Gasteiger partial charge is 0.252 e. The Hall–Kier alpha value is -3.43. The van der Waals surface area contributed by atoms with Crippen molar-refractivity contribution in [2.45, 2.75) is 52.9 Å². The maximum atomic E-state index is 13.1. The number of nitrogens with zero attached hydrogens (tertiary/aromatic N) is 6. The largest absolute Gasteiger partial charge is 0.383 e. The predicted molar refractivity (Wildman–Crippen MR) is 130 cm³/mol. The first-order chi connectivity index (χ1) is 16.5. The molecule has 0 fully saturated rings. The van der Waals surface area contributed by atoms with Gasteiger partial charge in [0.15, 0.2) is 5.82 Å². The SMILES string of the molecule is CCC(c1nnnn1CCOC)N(Cc1cccnc1)Cc1cc2cc(C)c(C)cc2[nH]c1=O. The van der Waals surface area contributed by atoms with Gasteiger partial charge in [0.05, 0.1) is 19.2 Å². The Labute approximate surface area is 198 Å². The molecular formula is C25H31N7O2. The fourth-order valence-electron chi connectivity index (χ4n) is 4.25. The van der Waals surface area contributed by atoms with Crippen LogP contribution in [0.3, 0.4) is 0 Å². The minimum Gasteiger partial charge on any atom is -0.383 e. The molecule has 4 aromatic rings. The van der Waals surface area contributed by atoms with Gasteiger partial charge < -0.3 is 9.72 Å². The summed E-state index contributed by atoms with van der Waals surface area (Å²) in [6.45, 7) is 8.37. The second-order valence-electron chi connectivity index (χ2n) is 8.59. The van der Waals surface area contributed by atoms with Crippen molar-refractivity contribution in [2.75, 3.05) is 13.7 Å². The van der Waals surface area contributed by atoms with E-state index in [9.17, 15) is 4.79 Å². The van der Waals surface area contributed by atoms with Gasteiger partial charge in [-0.1, -0.05) is 13.0 Å². The summed E-state index contributed by atoms with van der Waals surface area (Å²) in [4.78, 5) is 22.6. The van der Waals surface area contributed by atoms with Crippen molar-refractivity contribution in [2.24, 2.45) is 0 Å². The van der Waals surface area contributed by atoms with Gasteiger partial charge in [-0.2, -0.15) is 0 Å². The lowest BCUT2D eigenvalue weighted by Gasteiger charge is -2.30. The van der Waals surface area contributed by atoms with Crippen LogP contribution in [0.5, 0.6) is 0 Å². The molecule has 9 nitrogen and oxygen atoms in total. The predicted octanol–water partition coefficient (Wildman–Crippen LogP) is 3.33. The highest BCUT2D eigenvalue weighted by Crippen LogP contribution is 2.26. The number of benzene rings is 1. The zero-order valence-corrected chi connectivity index (χ0v) is 20.2. The zero-order chi connectivity index (χ0) is 24.1. The van der Waals surface area contributed by atoms with Gasteiger partial charge in [-0.05, 0) is 77.0 Å². The molecule has 0 aliphatic carbocycles. The normalized spacial score (nSPS) is 12.5. The Balaban J connectivity index is 1.73. The van der Waals surface area contributed by atoms with E-state index in [0.717, 1.165) is 34.3 Å². The van der Waals surface area contributed by atoms with E-state index in [2.05, 4.69) is 57.2 Å². The van der Waals surface area contributed by atoms with E-state index >= 15 is 0 Å². The number of ether oxygens (including phenoxy) is 1. The molecule has 1 aromatic carbocycles. The van der Waals surface area contributed by atoms with Crippen molar-refractivity contribution in [1.82, 2.24) is 35.1 Å². The van der Waals surface area contributed by atoms with E-state index in [0.29, 0.717) is 31.8 Å². The van der Waals surface area contributed by atoms with Crippen LogP contribution in [0.4, 0.5) is 0 Å². The molecule has 0 aliphatic rings. The first kappa shape index (κ1) is 23.7. The lowest BCUT2D eigenvalue weighted by atomic mass is 10.0. The first-order valence-corrected chi connectivity index (χ1v) is 11.5. The fraction of sp³-hybridized carbons (Fsp3) is 0.400. The van der Waals surface area contributed by atoms with Gasteiger partial charge in [0.25, 0.3) is 5.56 Å². The maximum absolute atomic E-state index is 13.1. The van der Waals surface area contributed by atoms with Crippen LogP contribution >= 0.6 is 0 Å². The van der Waals surface area contributed by atoms with Gasteiger partial charge in [0.2, 0.25) is 0 Å². The number of aromatic amines is 1. The average molecular weight is 462 g/mol. The highest BCUT2D eigenvalue weighted by atomic mass is 16.5. The van der Waals surface area contributed by atoms with Crippen LogP contribution in [-0.4, -0.2) is 48.8 Å². The van der Waals surface area contributed by atoms with Crippen molar-refractivity contribution in [3.63, 3.8) is 0 Å². The van der Waals surface area contributed by atoms with Crippen LogP contribution in [0.15, 0.2) is 47.5 Å². The molecule has 0 saturated heterocycles. The topological polar surface area (TPSA) is 102 Å². The summed E-state index contributed by atoms with van der Waals surface area (Å²) < 4.78 is 7.01. The molecule has 1 N–H and O–H groups in total. The van der Waals surface area contributed by atoms with Crippen LogP contribution < -0.4 is 5.56 Å². The fourth-order valence-corrected chi connectivity index (χ4v) is 4.25. The van der Waals surface area contributed by atoms with Crippen molar-refractivity contribution in [1.29, 1.82) is 0 Å². The maximum Gasteiger partial charge on any atom is 0.252 e. The quantitative estimate of drug-likeness (QED) is 0.386. The number of pyridine rings is 2. The Kier molecular flexibility index (Phi) is 7.44. The van der Waals surface area contributed by atoms with Crippen molar-refractivity contribution in [3.8, 4) is 0 Å². The summed E-state index contributed by atoms with van der Waals surface area (Å²) in [5.41, 5.74) is 4.88. The highest BCUT2D eigenvalue weighted by Gasteiger charge is 2.26. The molecule has 0 bridgehead atoms. The number of aryl methyl sites for hydroxylation is 2. The minimum atomic E-state index is -0.0955. The second-order valence-corrected chi connectivity index (χ2v) is 8.59. The van der Waals surface area contributed by atoms with E-state index < -0.39 is 0 Å². The Bertz CT molecular complexity index is 1300. The highest BCUT2D eigenvalue weighted by molar-refractivity contribution is 5.80. The lowest BCUT2D eigenvalue weighted by Crippen LogP contribution is -2.32. The molecule has 1 unspecified atom stereocenters. The molecule has 0 saturated carbocycles. The third-order valence-electron chi connectivity index (χ3n) is 6.21. The Morgan fingerprint density at radius 1 is 1.18 bits per heavy atom. The standard InChI is InChI=1S/C25H31N7O2/c1-5-23(24-28-29-30-32(24)9-10-34-4)31(15-19-7-6-8-26-14-19)16-21-13-20-11-17(2)18(3)12-22(20)27-25(21)33/h6-8,11-14,23H,5,9-10,15-16H2,1-4H3,(H,27,33). The van der Waals surface area contributed by atoms with Gasteiger partial charge >= 0.3 is 0 Å². The number of rotatable bonds is 10. The summed E-state index contributed by atoms with van der Waals surface area (Å²) in [5, 5.41) is 13.4. The molecule has 178 valence electrons. The summed E-state index contributed by atoms with van der Waals surface area (Å²) >= 11 is 0. The first-order valence-electron chi connectivity index (χ1n) is 11.5. The molecular weight excluding hydrogens is 430 g/mol. The van der Waals surface area contributed by atoms with E-state index in [4.69, 9.17) is 4.74 Å². The monoisotopic (exact) mass is 461 g/mol. The van der Waals surface area contributed by atoms with Gasteiger partial charge in [-0.3, -0.25) is 14.7 Å². The number of tetrazole rings is 1. The molecule has 34 heavy (non-hydrogen) atoms. The number of fused-ring (bicyclic) bond motifs is 1. The minimum absolute atomic E-state index is 0.0826. The number of nitrogens with one attached hydrogen (secondary N) is 1. The Morgan fingerprint density at radius 2 is 2.00 bits per heavy atom. The molecule has 9 heteroatoms. The van der Waals surface area contributed by atoms with Crippen LogP contribution in [0.1, 0.15) is 47.5 Å². The third kappa shape index (κ3) is 5.21. The molecule has 4 rings (SSSR count). The average Bonchev–Trinajstić information content (AvgIpc) is 3.29. The number of hydrogen-bond donors (Lipinski definition) is 1. The molecule has 3 heterocycles. The van der Waals surface area contributed by atoms with Gasteiger partial charge in [-0.25, -0.2) is 4.68 Å². The Morgan fingerprint density at radius 3 is 2.74 bits per heavy atom. The molecule has 1 atom stereocenters. The molecule has 3 aromatic heterocycles. The number of hydrogen-bond acceptors (Lipinski definition) is 7. The van der Waals surface area contributed by atoms with Crippen molar-refractivity contribution >= 4 is 10.9 Å². The number of methoxy groups -OCH3 is 1. The summed E-state index contributed by atoms with van der Waals surface area (Å²) in [5.74, 6) is 0.757. The van der Waals surface area contributed by atoms with Gasteiger partial charge in [-0.15, -0.1) is 5.10 Å². The third-order valence-corrected chi connectivity index (χ3v) is 6.21. The summed E-state index contributed by atoms with van der Waals surface area (Å²) in [6.07, 6.45) is 4.39. The van der Waals surface area contributed by atoms with Crippen molar-refractivity contribution in [3.05, 3.63) is 81.2 Å². The summed E-state index contributed by atoms with van der Waals surface area (Å²) in [6, 6.07) is 10.0. The molecule has 0 radical (unpaired) electrons. The van der Waals surface area contributed by atoms with Gasteiger partial charge in [0.1, 0.15) is 0 Å². The van der Waals surface area contributed by atoms with E-state index in [-0.39, 0.29) is 11.6 Å². The van der Waals surface area contributed by atoms with Crippen LogP contribution in [-0.2, 0) is 24.4 Å². The van der Waals surface area contributed by atoms with Gasteiger partial charge in [0, 0.05) is 43.7 Å². The number of H-pyrrole nitrogens is 1. The summed E-state index contributed by atoms with van der Waals surface area (Å²) in [7, 11) is 1.66. The molecule has 0 spiro atoms. The second kappa shape index (κ2) is 10.7. The lowest BCUT2D eigenvalue weighted by molar-refractivity contribution is 0.150. The number of aromatic nitrogens is 6. The van der Waals surface area contributed by atoms with Crippen LogP contribution in [0.25, 0.3) is 10.9 Å². The molecule has 0 aliphatic heterocycles. The zero-order valence-electron chi connectivity index (χ0n) is 20.2. The van der Waals surface area contributed by atoms with Crippen LogP contribution in [0.2, 0.25) is 0 Å². The van der Waals surface area contributed by atoms with Crippen LogP contribution in [0, 0.1) is 13.8 Å². The van der Waals surface area contributed by atoms with E-state index in [1.807, 2.05) is 30.5 Å². The van der Waals surface area contributed by atoms with E-state index in [1.54, 1.807) is 18.0 Å².